The van der Waals surface area contributed by atoms with Gasteiger partial charge in [0, 0.05) is 6.07 Å². The van der Waals surface area contributed by atoms with Gasteiger partial charge >= 0.3 is 0 Å². The molecule has 0 radical (unpaired) electrons. The molecule has 29 heavy (non-hydrogen) atoms. The topological polar surface area (TPSA) is 92.9 Å². The number of carbonyl (C=O) groups excluding carboxylic acids is 1. The predicted molar refractivity (Wildman–Crippen MR) is 107 cm³/mol. The van der Waals surface area contributed by atoms with Crippen LogP contribution in [0.4, 0.5) is 0 Å². The van der Waals surface area contributed by atoms with E-state index in [9.17, 15) is 4.79 Å². The molecule has 1 aromatic heterocycles. The van der Waals surface area contributed by atoms with Gasteiger partial charge in [-0.15, -0.1) is 10.2 Å². The second-order valence-electron chi connectivity index (χ2n) is 5.72. The highest BCUT2D eigenvalue weighted by atomic mass is 32.2. The van der Waals surface area contributed by atoms with Gasteiger partial charge in [0.25, 0.3) is 11.1 Å². The molecule has 0 N–H and O–H groups in total. The lowest BCUT2D eigenvalue weighted by molar-refractivity contribution is 0.101. The fourth-order valence-corrected chi connectivity index (χ4v) is 3.24. The molecular weight excluding hydrogens is 396 g/mol. The molecule has 0 saturated carbocycles. The third kappa shape index (κ3) is 4.62. The highest BCUT2D eigenvalue weighted by Gasteiger charge is 2.18. The van der Waals surface area contributed by atoms with Gasteiger partial charge in [-0.05, 0) is 30.3 Å². The van der Waals surface area contributed by atoms with Crippen LogP contribution in [0.15, 0.2) is 46.0 Å². The molecule has 3 aromatic rings. The van der Waals surface area contributed by atoms with Crippen LogP contribution in [0.5, 0.6) is 23.0 Å². The number of rotatable bonds is 9. The Balaban J connectivity index is 1.74. The summed E-state index contributed by atoms with van der Waals surface area (Å²) in [6.07, 6.45) is 0. The lowest BCUT2D eigenvalue weighted by atomic mass is 10.1. The van der Waals surface area contributed by atoms with Gasteiger partial charge in [-0.2, -0.15) is 0 Å². The van der Waals surface area contributed by atoms with Gasteiger partial charge in [0.15, 0.2) is 5.78 Å². The van der Waals surface area contributed by atoms with Crippen molar-refractivity contribution in [3.63, 3.8) is 0 Å². The van der Waals surface area contributed by atoms with Crippen molar-refractivity contribution in [1.82, 2.24) is 10.2 Å². The molecule has 9 heteroatoms. The first-order valence-corrected chi connectivity index (χ1v) is 9.52. The number of carbonyl (C=O) groups is 1. The lowest BCUT2D eigenvalue weighted by Gasteiger charge is -2.09. The summed E-state index contributed by atoms with van der Waals surface area (Å²) in [7, 11) is 6.17. The number of hydrogen-bond acceptors (Lipinski definition) is 9. The van der Waals surface area contributed by atoms with Crippen molar-refractivity contribution in [2.75, 3.05) is 34.2 Å². The molecule has 0 fully saturated rings. The first-order chi connectivity index (χ1) is 14.1. The highest BCUT2D eigenvalue weighted by molar-refractivity contribution is 7.99. The van der Waals surface area contributed by atoms with Crippen molar-refractivity contribution in [3.05, 3.63) is 42.0 Å². The summed E-state index contributed by atoms with van der Waals surface area (Å²) in [5.74, 6) is 2.49. The monoisotopic (exact) mass is 416 g/mol. The Morgan fingerprint density at radius 2 is 1.59 bits per heavy atom. The fourth-order valence-electron chi connectivity index (χ4n) is 2.59. The lowest BCUT2D eigenvalue weighted by Crippen LogP contribution is -2.05. The van der Waals surface area contributed by atoms with Crippen molar-refractivity contribution < 1.29 is 28.2 Å². The summed E-state index contributed by atoms with van der Waals surface area (Å²) < 4.78 is 26.7. The van der Waals surface area contributed by atoms with E-state index in [0.29, 0.717) is 40.0 Å². The summed E-state index contributed by atoms with van der Waals surface area (Å²) in [6, 6.07) is 10.3. The summed E-state index contributed by atoms with van der Waals surface area (Å²) in [5.41, 5.74) is 1.06. The van der Waals surface area contributed by atoms with Gasteiger partial charge in [-0.25, -0.2) is 0 Å². The van der Waals surface area contributed by atoms with Crippen molar-refractivity contribution in [2.24, 2.45) is 0 Å². The molecule has 0 saturated heterocycles. The zero-order valence-electron chi connectivity index (χ0n) is 16.4. The molecule has 152 valence electrons. The number of methoxy groups -OCH3 is 4. The molecule has 0 spiro atoms. The van der Waals surface area contributed by atoms with Gasteiger partial charge < -0.3 is 23.4 Å². The maximum absolute atomic E-state index is 12.6. The molecular formula is C20H20N2O6S. The van der Waals surface area contributed by atoms with Gasteiger partial charge in [-0.1, -0.05) is 11.8 Å². The predicted octanol–water partition coefficient (Wildman–Crippen LogP) is 3.75. The van der Waals surface area contributed by atoms with Crippen LogP contribution in [-0.4, -0.2) is 50.2 Å². The smallest absolute Gasteiger partial charge is 0.277 e. The van der Waals surface area contributed by atoms with Crippen LogP contribution in [0.25, 0.3) is 11.5 Å². The van der Waals surface area contributed by atoms with Gasteiger partial charge in [-0.3, -0.25) is 4.79 Å². The van der Waals surface area contributed by atoms with E-state index in [-0.39, 0.29) is 16.8 Å². The zero-order chi connectivity index (χ0) is 20.8. The summed E-state index contributed by atoms with van der Waals surface area (Å²) in [4.78, 5) is 12.6. The Morgan fingerprint density at radius 3 is 2.28 bits per heavy atom. The Hall–Kier alpha value is -3.20. The average molecular weight is 416 g/mol. The first kappa shape index (κ1) is 20.5. The number of Topliss-reactive ketones (excluding diaryl/α,β-unsaturated/α-hetero) is 1. The molecule has 0 unspecified atom stereocenters. The van der Waals surface area contributed by atoms with Gasteiger partial charge in [0.2, 0.25) is 0 Å². The summed E-state index contributed by atoms with van der Waals surface area (Å²) >= 11 is 1.14. The van der Waals surface area contributed by atoms with E-state index in [1.807, 2.05) is 0 Å². The van der Waals surface area contributed by atoms with Crippen LogP contribution in [-0.2, 0) is 0 Å². The number of ketones is 1. The van der Waals surface area contributed by atoms with E-state index in [2.05, 4.69) is 10.2 Å². The largest absolute Gasteiger partial charge is 0.497 e. The Kier molecular flexibility index (Phi) is 6.61. The Labute approximate surface area is 172 Å². The second kappa shape index (κ2) is 9.33. The molecule has 0 aliphatic rings. The molecule has 0 aliphatic heterocycles. The van der Waals surface area contributed by atoms with Crippen molar-refractivity contribution in [3.8, 4) is 34.5 Å². The number of ether oxygens (including phenoxy) is 4. The standard InChI is InChI=1S/C20H20N2O6S/c1-24-12-6-8-17(26-3)15(9-12)16(23)11-29-20-22-21-19(28-20)14-7-5-13(25-2)10-18(14)27-4/h5-10H,11H2,1-4H3. The third-order valence-corrected chi connectivity index (χ3v) is 4.90. The number of thioether (sulfide) groups is 1. The maximum atomic E-state index is 12.6. The van der Waals surface area contributed by atoms with Crippen molar-refractivity contribution in [2.45, 2.75) is 5.22 Å². The molecule has 8 nitrogen and oxygen atoms in total. The second-order valence-corrected chi connectivity index (χ2v) is 6.64. The highest BCUT2D eigenvalue weighted by Crippen LogP contribution is 2.34. The molecule has 3 rings (SSSR count). The number of nitrogens with zero attached hydrogens (tertiary/aromatic N) is 2. The first-order valence-electron chi connectivity index (χ1n) is 8.53. The van der Waals surface area contributed by atoms with E-state index < -0.39 is 0 Å². The fraction of sp³-hybridized carbons (Fsp3) is 0.250. The normalized spacial score (nSPS) is 10.5. The molecule has 2 aromatic carbocycles. The number of aromatic nitrogens is 2. The van der Waals surface area contributed by atoms with E-state index >= 15 is 0 Å². The van der Waals surface area contributed by atoms with E-state index in [4.69, 9.17) is 23.4 Å². The average Bonchev–Trinajstić information content (AvgIpc) is 3.25. The van der Waals surface area contributed by atoms with E-state index in [1.165, 1.54) is 14.2 Å². The van der Waals surface area contributed by atoms with Crippen LogP contribution >= 0.6 is 11.8 Å². The Morgan fingerprint density at radius 1 is 0.897 bits per heavy atom. The van der Waals surface area contributed by atoms with Gasteiger partial charge in [0.1, 0.15) is 23.0 Å². The van der Waals surface area contributed by atoms with Crippen LogP contribution in [0.3, 0.4) is 0 Å². The van der Waals surface area contributed by atoms with E-state index in [1.54, 1.807) is 50.6 Å². The Bertz CT molecular complexity index is 1000. The molecule has 1 heterocycles. The van der Waals surface area contributed by atoms with Gasteiger partial charge in [0.05, 0.1) is 45.3 Å². The molecule has 0 bridgehead atoms. The minimum Gasteiger partial charge on any atom is -0.497 e. The minimum absolute atomic E-state index is 0.102. The quantitative estimate of drug-likeness (QED) is 0.382. The summed E-state index contributed by atoms with van der Waals surface area (Å²) in [6.45, 7) is 0. The zero-order valence-corrected chi connectivity index (χ0v) is 17.2. The SMILES string of the molecule is COc1ccc(-c2nnc(SCC(=O)c3cc(OC)ccc3OC)o2)c(OC)c1. The van der Waals surface area contributed by atoms with Crippen LogP contribution in [0.2, 0.25) is 0 Å². The maximum Gasteiger partial charge on any atom is 0.277 e. The van der Waals surface area contributed by atoms with Crippen molar-refractivity contribution in [1.29, 1.82) is 0 Å². The van der Waals surface area contributed by atoms with Crippen LogP contribution in [0, 0.1) is 0 Å². The van der Waals surface area contributed by atoms with E-state index in [0.717, 1.165) is 11.8 Å². The molecule has 0 atom stereocenters. The minimum atomic E-state index is -0.146. The van der Waals surface area contributed by atoms with Crippen molar-refractivity contribution >= 4 is 17.5 Å². The number of benzene rings is 2. The van der Waals surface area contributed by atoms with Crippen LogP contribution in [0.1, 0.15) is 10.4 Å². The summed E-state index contributed by atoms with van der Waals surface area (Å²) in [5, 5.41) is 8.32. The molecule has 0 amide bonds. The number of hydrogen-bond donors (Lipinski definition) is 0. The third-order valence-electron chi connectivity index (χ3n) is 4.08. The molecule has 0 aliphatic carbocycles. The van der Waals surface area contributed by atoms with Crippen LogP contribution < -0.4 is 18.9 Å².